The molecule has 0 aliphatic carbocycles. The Bertz CT molecular complexity index is 398. The molecule has 1 aromatic carbocycles. The summed E-state index contributed by atoms with van der Waals surface area (Å²) in [5.74, 6) is -3.80. The molecule has 0 aromatic heterocycles. The number of hydrogen-bond acceptors (Lipinski definition) is 3. The molecular weight excluding hydrogens is 191 g/mol. The second-order valence-electron chi connectivity index (χ2n) is 2.55. The van der Waals surface area contributed by atoms with Crippen LogP contribution in [0, 0.1) is 0 Å². The minimum absolute atomic E-state index is 0.153. The van der Waals surface area contributed by atoms with Gasteiger partial charge in [0, 0.05) is 0 Å². The van der Waals surface area contributed by atoms with Crippen molar-refractivity contribution in [2.24, 2.45) is 0 Å². The Morgan fingerprint density at radius 2 is 1.93 bits per heavy atom. The summed E-state index contributed by atoms with van der Waals surface area (Å²) < 4.78 is 12.6. The van der Waals surface area contributed by atoms with Crippen molar-refractivity contribution in [3.05, 3.63) is 29.6 Å². The molecule has 0 bridgehead atoms. The second-order valence-corrected chi connectivity index (χ2v) is 2.55. The van der Waals surface area contributed by atoms with Crippen molar-refractivity contribution in [1.82, 2.24) is 0 Å². The van der Waals surface area contributed by atoms with Crippen molar-refractivity contribution in [3.63, 3.8) is 0 Å². The highest BCUT2D eigenvalue weighted by atomic mass is 19.1. The maximum atomic E-state index is 12.6. The largest absolute Gasteiger partial charge is 0.504 e. The molecule has 3 N–H and O–H groups in total. The number of carboxylic acid groups (broad SMARTS) is 1. The molecule has 4 nitrogen and oxygen atoms in total. The minimum Gasteiger partial charge on any atom is -0.504 e. The van der Waals surface area contributed by atoms with E-state index in [-0.39, 0.29) is 11.3 Å². The van der Waals surface area contributed by atoms with Crippen LogP contribution in [0.2, 0.25) is 0 Å². The first-order valence-corrected chi connectivity index (χ1v) is 3.63. The molecule has 0 radical (unpaired) electrons. The molecule has 0 fully saturated rings. The Kier molecular flexibility index (Phi) is 2.71. The van der Waals surface area contributed by atoms with Gasteiger partial charge in [0.15, 0.2) is 11.5 Å². The van der Waals surface area contributed by atoms with E-state index in [1.165, 1.54) is 6.07 Å². The maximum absolute atomic E-state index is 12.6. The first kappa shape index (κ1) is 10.0. The lowest BCUT2D eigenvalue weighted by molar-refractivity contribution is -0.134. The summed E-state index contributed by atoms with van der Waals surface area (Å²) in [5.41, 5.74) is 0.153. The molecule has 5 heteroatoms. The van der Waals surface area contributed by atoms with Crippen molar-refractivity contribution in [2.75, 3.05) is 0 Å². The van der Waals surface area contributed by atoms with Gasteiger partial charge in [0.2, 0.25) is 5.83 Å². The van der Waals surface area contributed by atoms with Gasteiger partial charge >= 0.3 is 5.97 Å². The van der Waals surface area contributed by atoms with Crippen molar-refractivity contribution in [2.45, 2.75) is 0 Å². The van der Waals surface area contributed by atoms with Crippen molar-refractivity contribution >= 4 is 12.0 Å². The van der Waals surface area contributed by atoms with E-state index in [4.69, 9.17) is 15.3 Å². The van der Waals surface area contributed by atoms with Gasteiger partial charge in [-0.15, -0.1) is 0 Å². The van der Waals surface area contributed by atoms with Crippen molar-refractivity contribution < 1.29 is 24.5 Å². The van der Waals surface area contributed by atoms with E-state index in [2.05, 4.69) is 0 Å². The first-order chi connectivity index (χ1) is 6.50. The number of halogens is 1. The highest BCUT2D eigenvalue weighted by Crippen LogP contribution is 2.25. The van der Waals surface area contributed by atoms with Gasteiger partial charge in [0.05, 0.1) is 0 Å². The van der Waals surface area contributed by atoms with E-state index in [0.717, 1.165) is 18.2 Å². The number of aromatic hydroxyl groups is 2. The summed E-state index contributed by atoms with van der Waals surface area (Å²) in [5, 5.41) is 26.1. The zero-order valence-electron chi connectivity index (χ0n) is 6.94. The summed E-state index contributed by atoms with van der Waals surface area (Å²) in [4.78, 5) is 10.1. The lowest BCUT2D eigenvalue weighted by atomic mass is 10.2. The van der Waals surface area contributed by atoms with Crippen molar-refractivity contribution in [1.29, 1.82) is 0 Å². The summed E-state index contributed by atoms with van der Waals surface area (Å²) in [7, 11) is 0. The fourth-order valence-corrected chi connectivity index (χ4v) is 0.838. The SMILES string of the molecule is O=C(O)/C(F)=C/c1ccc(O)c(O)c1. The van der Waals surface area contributed by atoms with Gasteiger partial charge in [0.1, 0.15) is 0 Å². The van der Waals surface area contributed by atoms with E-state index in [9.17, 15) is 9.18 Å². The number of benzene rings is 1. The lowest BCUT2D eigenvalue weighted by Crippen LogP contribution is -1.93. The fourth-order valence-electron chi connectivity index (χ4n) is 0.838. The van der Waals surface area contributed by atoms with Crippen molar-refractivity contribution in [3.8, 4) is 11.5 Å². The van der Waals surface area contributed by atoms with Gasteiger partial charge in [-0.1, -0.05) is 6.07 Å². The summed E-state index contributed by atoms with van der Waals surface area (Å²) >= 11 is 0. The van der Waals surface area contributed by atoms with E-state index >= 15 is 0 Å². The highest BCUT2D eigenvalue weighted by molar-refractivity contribution is 5.89. The van der Waals surface area contributed by atoms with Gasteiger partial charge in [-0.25, -0.2) is 4.79 Å². The van der Waals surface area contributed by atoms with Crippen LogP contribution in [0.25, 0.3) is 6.08 Å². The zero-order valence-corrected chi connectivity index (χ0v) is 6.94. The Labute approximate surface area is 78.5 Å². The first-order valence-electron chi connectivity index (χ1n) is 3.63. The van der Waals surface area contributed by atoms with Crippen LogP contribution in [0.15, 0.2) is 24.0 Å². The van der Waals surface area contributed by atoms with E-state index in [1.54, 1.807) is 0 Å². The average molecular weight is 198 g/mol. The Hall–Kier alpha value is -2.04. The maximum Gasteiger partial charge on any atom is 0.364 e. The topological polar surface area (TPSA) is 77.8 Å². The summed E-state index contributed by atoms with van der Waals surface area (Å²) in [6.45, 7) is 0. The molecule has 0 aliphatic heterocycles. The van der Waals surface area contributed by atoms with Gasteiger partial charge in [-0.2, -0.15) is 4.39 Å². The molecular formula is C9H7FO4. The molecule has 0 heterocycles. The number of carbonyl (C=O) groups is 1. The monoisotopic (exact) mass is 198 g/mol. The summed E-state index contributed by atoms with van der Waals surface area (Å²) in [6.07, 6.45) is 0.738. The molecule has 14 heavy (non-hydrogen) atoms. The highest BCUT2D eigenvalue weighted by Gasteiger charge is 2.06. The van der Waals surface area contributed by atoms with Crippen LogP contribution in [0.3, 0.4) is 0 Å². The normalized spacial score (nSPS) is 11.4. The van der Waals surface area contributed by atoms with Crippen LogP contribution in [-0.2, 0) is 4.79 Å². The standard InChI is InChI=1S/C9H7FO4/c10-6(9(13)14)3-5-1-2-7(11)8(12)4-5/h1-4,11-12H,(H,13,14)/b6-3-. The molecule has 74 valence electrons. The molecule has 1 rings (SSSR count). The quantitative estimate of drug-likeness (QED) is 0.497. The number of phenolic OH excluding ortho intramolecular Hbond substituents is 2. The van der Waals surface area contributed by atoms with Gasteiger partial charge in [-0.3, -0.25) is 0 Å². The third-order valence-corrected chi connectivity index (χ3v) is 1.50. The lowest BCUT2D eigenvalue weighted by Gasteiger charge is -1.98. The number of carboxylic acids is 1. The van der Waals surface area contributed by atoms with Crippen LogP contribution in [0.4, 0.5) is 4.39 Å². The number of phenols is 2. The van der Waals surface area contributed by atoms with Gasteiger partial charge in [-0.05, 0) is 23.8 Å². The van der Waals surface area contributed by atoms with Gasteiger partial charge in [0.25, 0.3) is 0 Å². The van der Waals surface area contributed by atoms with Crippen LogP contribution >= 0.6 is 0 Å². The predicted molar refractivity (Wildman–Crippen MR) is 46.5 cm³/mol. The Morgan fingerprint density at radius 1 is 1.29 bits per heavy atom. The minimum atomic E-state index is -1.68. The zero-order chi connectivity index (χ0) is 10.7. The Morgan fingerprint density at radius 3 is 2.43 bits per heavy atom. The third kappa shape index (κ3) is 2.22. The molecule has 0 unspecified atom stereocenters. The molecule has 0 amide bonds. The fraction of sp³-hybridized carbons (Fsp3) is 0. The van der Waals surface area contributed by atoms with E-state index in [1.807, 2.05) is 0 Å². The summed E-state index contributed by atoms with van der Waals surface area (Å²) in [6, 6.07) is 3.46. The van der Waals surface area contributed by atoms with E-state index < -0.39 is 17.5 Å². The number of aliphatic carboxylic acids is 1. The number of rotatable bonds is 2. The molecule has 0 saturated carbocycles. The molecule has 0 atom stereocenters. The average Bonchev–Trinajstić information content (AvgIpc) is 2.11. The molecule has 0 aliphatic rings. The number of hydrogen-bond donors (Lipinski definition) is 3. The van der Waals surface area contributed by atoms with Crippen LogP contribution < -0.4 is 0 Å². The third-order valence-electron chi connectivity index (χ3n) is 1.50. The van der Waals surface area contributed by atoms with Crippen LogP contribution in [0.1, 0.15) is 5.56 Å². The second kappa shape index (κ2) is 3.78. The molecule has 0 spiro atoms. The van der Waals surface area contributed by atoms with Gasteiger partial charge < -0.3 is 15.3 Å². The van der Waals surface area contributed by atoms with Crippen LogP contribution in [0.5, 0.6) is 11.5 Å². The van der Waals surface area contributed by atoms with Crippen LogP contribution in [-0.4, -0.2) is 21.3 Å². The molecule has 0 saturated heterocycles. The van der Waals surface area contributed by atoms with E-state index in [0.29, 0.717) is 0 Å². The molecule has 1 aromatic rings. The Balaban J connectivity index is 3.04. The predicted octanol–water partition coefficient (Wildman–Crippen LogP) is 1.49. The smallest absolute Gasteiger partial charge is 0.364 e.